The van der Waals surface area contributed by atoms with Crippen molar-refractivity contribution in [3.05, 3.63) is 65.5 Å². The van der Waals surface area contributed by atoms with E-state index in [4.69, 9.17) is 0 Å². The molecule has 0 saturated carbocycles. The summed E-state index contributed by atoms with van der Waals surface area (Å²) in [5, 5.41) is 2.01. The molecule has 1 heterocycles. The van der Waals surface area contributed by atoms with Gasteiger partial charge in [0.1, 0.15) is 0 Å². The average Bonchev–Trinajstić information content (AvgIpc) is 2.69. The van der Waals surface area contributed by atoms with Gasteiger partial charge in [0.2, 0.25) is 0 Å². The summed E-state index contributed by atoms with van der Waals surface area (Å²) in [5.41, 5.74) is 0.667. The first-order chi connectivity index (χ1) is 13.0. The van der Waals surface area contributed by atoms with E-state index in [1.807, 2.05) is 23.5 Å². The minimum absolute atomic E-state index is 0.420. The summed E-state index contributed by atoms with van der Waals surface area (Å²) in [6, 6.07) is 11.6. The predicted octanol–water partition coefficient (Wildman–Crippen LogP) is 3.52. The molecule has 7 heteroatoms. The standard InChI is InChI=1S/C20H19F3N2O2/c21-15-6-7-16(18(23)17(15)22)24-19(26)20(27)25-10-8-14(9-11-25)12-13-4-2-1-3-5-13/h1-7,14H,8-12H2,(H,24,26). The van der Waals surface area contributed by atoms with E-state index in [-0.39, 0.29) is 0 Å². The summed E-state index contributed by atoms with van der Waals surface area (Å²) < 4.78 is 39.8. The Morgan fingerprint density at radius 1 is 0.963 bits per heavy atom. The Hall–Kier alpha value is -2.83. The molecule has 1 aliphatic heterocycles. The maximum Gasteiger partial charge on any atom is 0.313 e. The fraction of sp³-hybridized carbons (Fsp3) is 0.300. The zero-order valence-corrected chi connectivity index (χ0v) is 14.6. The van der Waals surface area contributed by atoms with Gasteiger partial charge >= 0.3 is 11.8 Å². The van der Waals surface area contributed by atoms with Crippen molar-refractivity contribution in [1.29, 1.82) is 0 Å². The number of carbonyl (C=O) groups is 2. The maximum absolute atomic E-state index is 13.6. The Morgan fingerprint density at radius 3 is 2.30 bits per heavy atom. The number of nitrogens with zero attached hydrogens (tertiary/aromatic N) is 1. The molecule has 1 aliphatic rings. The lowest BCUT2D eigenvalue weighted by atomic mass is 9.90. The highest BCUT2D eigenvalue weighted by molar-refractivity contribution is 6.39. The van der Waals surface area contributed by atoms with Crippen LogP contribution in [0.3, 0.4) is 0 Å². The van der Waals surface area contributed by atoms with E-state index < -0.39 is 35.0 Å². The molecular weight excluding hydrogens is 357 g/mol. The zero-order valence-electron chi connectivity index (χ0n) is 14.6. The molecule has 0 spiro atoms. The minimum Gasteiger partial charge on any atom is -0.334 e. The summed E-state index contributed by atoms with van der Waals surface area (Å²) in [6.07, 6.45) is 2.43. The van der Waals surface area contributed by atoms with Gasteiger partial charge in [0, 0.05) is 13.1 Å². The van der Waals surface area contributed by atoms with Crippen LogP contribution < -0.4 is 5.32 Å². The molecular formula is C20H19F3N2O2. The van der Waals surface area contributed by atoms with Crippen molar-refractivity contribution in [2.24, 2.45) is 5.92 Å². The first-order valence-electron chi connectivity index (χ1n) is 8.73. The van der Waals surface area contributed by atoms with Crippen LogP contribution in [0.1, 0.15) is 18.4 Å². The number of halogens is 3. The van der Waals surface area contributed by atoms with Crippen molar-refractivity contribution in [2.75, 3.05) is 18.4 Å². The van der Waals surface area contributed by atoms with Crippen LogP contribution >= 0.6 is 0 Å². The number of benzene rings is 2. The van der Waals surface area contributed by atoms with E-state index in [9.17, 15) is 22.8 Å². The molecule has 0 unspecified atom stereocenters. The molecule has 0 bridgehead atoms. The Bertz CT molecular complexity index is 835. The molecule has 0 aliphatic carbocycles. The molecule has 4 nitrogen and oxygen atoms in total. The van der Waals surface area contributed by atoms with Gasteiger partial charge in [-0.05, 0) is 42.9 Å². The van der Waals surface area contributed by atoms with Gasteiger partial charge in [-0.2, -0.15) is 0 Å². The number of nitrogens with one attached hydrogen (secondary N) is 1. The van der Waals surface area contributed by atoms with Gasteiger partial charge in [0.25, 0.3) is 0 Å². The van der Waals surface area contributed by atoms with Crippen LogP contribution in [-0.2, 0) is 16.0 Å². The van der Waals surface area contributed by atoms with Gasteiger partial charge in [-0.3, -0.25) is 9.59 Å². The lowest BCUT2D eigenvalue weighted by Crippen LogP contribution is -2.44. The highest BCUT2D eigenvalue weighted by Crippen LogP contribution is 2.23. The van der Waals surface area contributed by atoms with Crippen molar-refractivity contribution in [1.82, 2.24) is 4.90 Å². The van der Waals surface area contributed by atoms with Crippen LogP contribution in [0.4, 0.5) is 18.9 Å². The molecule has 1 N–H and O–H groups in total. The van der Waals surface area contributed by atoms with Crippen molar-refractivity contribution in [3.63, 3.8) is 0 Å². The first kappa shape index (κ1) is 18.9. The van der Waals surface area contributed by atoms with Gasteiger partial charge in [-0.25, -0.2) is 13.2 Å². The zero-order chi connectivity index (χ0) is 19.4. The molecule has 1 saturated heterocycles. The van der Waals surface area contributed by atoms with Crippen molar-refractivity contribution >= 4 is 17.5 Å². The van der Waals surface area contributed by atoms with Crippen LogP contribution in [-0.4, -0.2) is 29.8 Å². The number of amides is 2. The molecule has 142 valence electrons. The Kier molecular flexibility index (Phi) is 5.78. The summed E-state index contributed by atoms with van der Waals surface area (Å²) in [6.45, 7) is 0.841. The van der Waals surface area contributed by atoms with Crippen molar-refractivity contribution in [2.45, 2.75) is 19.3 Å². The summed E-state index contributed by atoms with van der Waals surface area (Å²) in [4.78, 5) is 25.7. The van der Waals surface area contributed by atoms with Crippen LogP contribution in [0.15, 0.2) is 42.5 Å². The van der Waals surface area contributed by atoms with Crippen molar-refractivity contribution < 1.29 is 22.8 Å². The highest BCUT2D eigenvalue weighted by atomic mass is 19.2. The summed E-state index contributed by atoms with van der Waals surface area (Å²) in [7, 11) is 0. The minimum atomic E-state index is -1.69. The molecule has 2 amide bonds. The third-order valence-electron chi connectivity index (χ3n) is 4.75. The number of anilines is 1. The number of hydrogen-bond acceptors (Lipinski definition) is 2. The quantitative estimate of drug-likeness (QED) is 0.658. The van der Waals surface area contributed by atoms with E-state index >= 15 is 0 Å². The molecule has 27 heavy (non-hydrogen) atoms. The van der Waals surface area contributed by atoms with Gasteiger partial charge in [0.05, 0.1) is 5.69 Å². The smallest absolute Gasteiger partial charge is 0.313 e. The number of carbonyl (C=O) groups excluding carboxylic acids is 2. The monoisotopic (exact) mass is 376 g/mol. The van der Waals surface area contributed by atoms with E-state index in [0.717, 1.165) is 25.3 Å². The lowest BCUT2D eigenvalue weighted by molar-refractivity contribution is -0.144. The van der Waals surface area contributed by atoms with Crippen LogP contribution in [0, 0.1) is 23.4 Å². The number of rotatable bonds is 3. The van der Waals surface area contributed by atoms with Crippen LogP contribution in [0.25, 0.3) is 0 Å². The number of hydrogen-bond donors (Lipinski definition) is 1. The van der Waals surface area contributed by atoms with E-state index in [0.29, 0.717) is 25.1 Å². The van der Waals surface area contributed by atoms with Gasteiger partial charge in [-0.1, -0.05) is 30.3 Å². The molecule has 2 aromatic carbocycles. The van der Waals surface area contributed by atoms with Gasteiger partial charge < -0.3 is 10.2 Å². The largest absolute Gasteiger partial charge is 0.334 e. The summed E-state index contributed by atoms with van der Waals surface area (Å²) in [5.74, 6) is -6.04. The summed E-state index contributed by atoms with van der Waals surface area (Å²) >= 11 is 0. The number of piperidine rings is 1. The number of likely N-dealkylation sites (tertiary alicyclic amines) is 1. The van der Waals surface area contributed by atoms with E-state index in [1.165, 1.54) is 10.5 Å². The fourth-order valence-corrected chi connectivity index (χ4v) is 3.23. The maximum atomic E-state index is 13.6. The Balaban J connectivity index is 1.54. The molecule has 2 aromatic rings. The molecule has 3 rings (SSSR count). The first-order valence-corrected chi connectivity index (χ1v) is 8.73. The van der Waals surface area contributed by atoms with E-state index in [1.54, 1.807) is 0 Å². The normalized spacial score (nSPS) is 14.9. The second kappa shape index (κ2) is 8.24. The molecule has 0 atom stereocenters. The Morgan fingerprint density at radius 2 is 1.63 bits per heavy atom. The average molecular weight is 376 g/mol. The van der Waals surface area contributed by atoms with Gasteiger partial charge in [-0.15, -0.1) is 0 Å². The lowest BCUT2D eigenvalue weighted by Gasteiger charge is -2.31. The third-order valence-corrected chi connectivity index (χ3v) is 4.75. The highest BCUT2D eigenvalue weighted by Gasteiger charge is 2.28. The second-order valence-electron chi connectivity index (χ2n) is 6.60. The fourth-order valence-electron chi connectivity index (χ4n) is 3.23. The predicted molar refractivity (Wildman–Crippen MR) is 94.4 cm³/mol. The van der Waals surface area contributed by atoms with Crippen molar-refractivity contribution in [3.8, 4) is 0 Å². The third kappa shape index (κ3) is 4.48. The van der Waals surface area contributed by atoms with E-state index in [2.05, 4.69) is 12.1 Å². The van der Waals surface area contributed by atoms with Crippen LogP contribution in [0.5, 0.6) is 0 Å². The SMILES string of the molecule is O=C(Nc1ccc(F)c(F)c1F)C(=O)N1CCC(Cc2ccccc2)CC1. The molecule has 1 fully saturated rings. The molecule has 0 aromatic heterocycles. The topological polar surface area (TPSA) is 49.4 Å². The second-order valence-corrected chi connectivity index (χ2v) is 6.60. The van der Waals surface area contributed by atoms with Gasteiger partial charge in [0.15, 0.2) is 17.5 Å². The molecule has 0 radical (unpaired) electrons. The van der Waals surface area contributed by atoms with Crippen LogP contribution in [0.2, 0.25) is 0 Å². The Labute approximate surface area is 155 Å².